The number of thioether (sulfide) groups is 1. The second-order valence-corrected chi connectivity index (χ2v) is 8.42. The summed E-state index contributed by atoms with van der Waals surface area (Å²) in [6, 6.07) is 9.74. The first-order valence-electron chi connectivity index (χ1n) is 9.33. The molecular formula is C20H20N6O2S2. The van der Waals surface area contributed by atoms with E-state index in [0.717, 1.165) is 15.6 Å². The van der Waals surface area contributed by atoms with Crippen LogP contribution in [0.2, 0.25) is 0 Å². The molecule has 8 nitrogen and oxygen atoms in total. The number of carbonyl (C=O) groups is 2. The minimum atomic E-state index is -0.142. The number of rotatable bonds is 9. The van der Waals surface area contributed by atoms with E-state index in [1.807, 2.05) is 52.5 Å². The Morgan fingerprint density at radius 1 is 1.13 bits per heavy atom. The number of imidazole rings is 1. The van der Waals surface area contributed by atoms with Crippen LogP contribution < -0.4 is 10.6 Å². The van der Waals surface area contributed by atoms with Gasteiger partial charge in [0.2, 0.25) is 11.8 Å². The number of anilines is 1. The van der Waals surface area contributed by atoms with Crippen molar-refractivity contribution in [3.63, 3.8) is 0 Å². The van der Waals surface area contributed by atoms with Gasteiger partial charge in [0.1, 0.15) is 6.54 Å². The SMILES string of the molecule is O=C(Cn1cc(NC(=O)CSc2ccccc2)cn1)NCCc1cn2ccsc2n1. The zero-order valence-corrected chi connectivity index (χ0v) is 17.7. The van der Waals surface area contributed by atoms with Crippen molar-refractivity contribution in [2.45, 2.75) is 17.9 Å². The Labute approximate surface area is 181 Å². The first-order chi connectivity index (χ1) is 14.7. The molecule has 2 amide bonds. The molecule has 30 heavy (non-hydrogen) atoms. The van der Waals surface area contributed by atoms with Gasteiger partial charge in [-0.15, -0.1) is 23.1 Å². The third kappa shape index (κ3) is 5.49. The number of carbonyl (C=O) groups excluding carboxylic acids is 2. The van der Waals surface area contributed by atoms with Gasteiger partial charge in [0.05, 0.1) is 23.3 Å². The largest absolute Gasteiger partial charge is 0.354 e. The fourth-order valence-electron chi connectivity index (χ4n) is 2.81. The van der Waals surface area contributed by atoms with Crippen LogP contribution in [0.3, 0.4) is 0 Å². The van der Waals surface area contributed by atoms with Gasteiger partial charge in [-0.25, -0.2) is 4.98 Å². The number of amides is 2. The van der Waals surface area contributed by atoms with Crippen molar-refractivity contribution >= 4 is 45.6 Å². The summed E-state index contributed by atoms with van der Waals surface area (Å²) in [5.41, 5.74) is 1.51. The van der Waals surface area contributed by atoms with Crippen molar-refractivity contribution < 1.29 is 9.59 Å². The predicted molar refractivity (Wildman–Crippen MR) is 118 cm³/mol. The zero-order valence-electron chi connectivity index (χ0n) is 16.0. The van der Waals surface area contributed by atoms with Crippen molar-refractivity contribution in [1.29, 1.82) is 0 Å². The van der Waals surface area contributed by atoms with Gasteiger partial charge in [0, 0.05) is 41.8 Å². The molecule has 2 N–H and O–H groups in total. The van der Waals surface area contributed by atoms with Gasteiger partial charge in [-0.2, -0.15) is 5.10 Å². The highest BCUT2D eigenvalue weighted by Crippen LogP contribution is 2.17. The maximum atomic E-state index is 12.1. The topological polar surface area (TPSA) is 93.3 Å². The molecule has 3 heterocycles. The highest BCUT2D eigenvalue weighted by Gasteiger charge is 2.09. The molecule has 3 aromatic heterocycles. The summed E-state index contributed by atoms with van der Waals surface area (Å²) >= 11 is 3.04. The monoisotopic (exact) mass is 440 g/mol. The zero-order chi connectivity index (χ0) is 20.8. The van der Waals surface area contributed by atoms with Gasteiger partial charge in [-0.1, -0.05) is 18.2 Å². The van der Waals surface area contributed by atoms with E-state index in [1.54, 1.807) is 17.5 Å². The second kappa shape index (κ2) is 9.59. The molecule has 0 spiro atoms. The van der Waals surface area contributed by atoms with E-state index in [4.69, 9.17) is 0 Å². The molecule has 0 atom stereocenters. The maximum absolute atomic E-state index is 12.1. The summed E-state index contributed by atoms with van der Waals surface area (Å²) in [5.74, 6) is 0.0472. The van der Waals surface area contributed by atoms with Gasteiger partial charge >= 0.3 is 0 Å². The molecule has 0 unspecified atom stereocenters. The van der Waals surface area contributed by atoms with Crippen LogP contribution in [0.15, 0.2) is 65.4 Å². The number of nitrogens with one attached hydrogen (secondary N) is 2. The number of hydrogen-bond donors (Lipinski definition) is 2. The lowest BCUT2D eigenvalue weighted by molar-refractivity contribution is -0.121. The number of thiazole rings is 1. The van der Waals surface area contributed by atoms with Crippen molar-refractivity contribution in [1.82, 2.24) is 24.5 Å². The molecule has 4 aromatic rings. The fraction of sp³-hybridized carbons (Fsp3) is 0.200. The number of nitrogens with zero attached hydrogens (tertiary/aromatic N) is 4. The first kappa shape index (κ1) is 20.2. The standard InChI is InChI=1S/C20H20N6O2S2/c27-18(21-7-6-15-11-25-8-9-29-20(25)24-15)13-26-12-16(10-22-26)23-19(28)14-30-17-4-2-1-3-5-17/h1-5,8-12H,6-7,13-14H2,(H,21,27)(H,23,28). The molecule has 0 aliphatic heterocycles. The van der Waals surface area contributed by atoms with Crippen LogP contribution in [-0.4, -0.2) is 43.3 Å². The summed E-state index contributed by atoms with van der Waals surface area (Å²) in [7, 11) is 0. The van der Waals surface area contributed by atoms with E-state index in [-0.39, 0.29) is 18.4 Å². The average molecular weight is 441 g/mol. The molecular weight excluding hydrogens is 420 g/mol. The van der Waals surface area contributed by atoms with Gasteiger partial charge in [-0.05, 0) is 12.1 Å². The maximum Gasteiger partial charge on any atom is 0.241 e. The molecule has 10 heteroatoms. The Hall–Kier alpha value is -3.11. The molecule has 0 bridgehead atoms. The summed E-state index contributed by atoms with van der Waals surface area (Å²) in [5, 5.41) is 11.8. The highest BCUT2D eigenvalue weighted by atomic mass is 32.2. The summed E-state index contributed by atoms with van der Waals surface area (Å²) in [6.45, 7) is 0.595. The molecule has 0 radical (unpaired) electrons. The van der Waals surface area contributed by atoms with E-state index < -0.39 is 0 Å². The molecule has 1 aromatic carbocycles. The van der Waals surface area contributed by atoms with E-state index in [0.29, 0.717) is 24.4 Å². The Kier molecular flexibility index (Phi) is 6.45. The Balaban J connectivity index is 1.18. The second-order valence-electron chi connectivity index (χ2n) is 6.50. The lowest BCUT2D eigenvalue weighted by Crippen LogP contribution is -2.29. The van der Waals surface area contributed by atoms with Gasteiger partial charge in [0.25, 0.3) is 0 Å². The van der Waals surface area contributed by atoms with Crippen LogP contribution in [0.5, 0.6) is 0 Å². The number of benzene rings is 1. The van der Waals surface area contributed by atoms with E-state index in [1.165, 1.54) is 22.6 Å². The number of fused-ring (bicyclic) bond motifs is 1. The van der Waals surface area contributed by atoms with Crippen LogP contribution in [0.4, 0.5) is 5.69 Å². The van der Waals surface area contributed by atoms with Crippen molar-refractivity contribution in [2.75, 3.05) is 17.6 Å². The molecule has 0 aliphatic carbocycles. The van der Waals surface area contributed by atoms with Crippen molar-refractivity contribution in [3.05, 3.63) is 66.2 Å². The molecule has 0 fully saturated rings. The Morgan fingerprint density at radius 3 is 2.83 bits per heavy atom. The quantitative estimate of drug-likeness (QED) is 0.390. The Bertz CT molecular complexity index is 1110. The normalized spacial score (nSPS) is 10.9. The van der Waals surface area contributed by atoms with Crippen molar-refractivity contribution in [3.8, 4) is 0 Å². The number of aromatic nitrogens is 4. The number of hydrogen-bond acceptors (Lipinski definition) is 6. The van der Waals surface area contributed by atoms with Crippen LogP contribution in [-0.2, 0) is 22.6 Å². The van der Waals surface area contributed by atoms with Gasteiger partial charge in [-0.3, -0.25) is 18.7 Å². The van der Waals surface area contributed by atoms with Crippen LogP contribution in [0, 0.1) is 0 Å². The fourth-order valence-corrected chi connectivity index (χ4v) is 4.25. The van der Waals surface area contributed by atoms with E-state index >= 15 is 0 Å². The smallest absolute Gasteiger partial charge is 0.241 e. The molecule has 0 saturated carbocycles. The minimum absolute atomic E-state index is 0.0902. The molecule has 0 saturated heterocycles. The third-order valence-electron chi connectivity index (χ3n) is 4.18. The lowest BCUT2D eigenvalue weighted by Gasteiger charge is -2.04. The predicted octanol–water partition coefficient (Wildman–Crippen LogP) is 2.68. The van der Waals surface area contributed by atoms with Gasteiger partial charge in [0.15, 0.2) is 4.96 Å². The minimum Gasteiger partial charge on any atom is -0.354 e. The summed E-state index contributed by atoms with van der Waals surface area (Å²) in [6.07, 6.45) is 7.78. The molecule has 4 rings (SSSR count). The van der Waals surface area contributed by atoms with E-state index in [2.05, 4.69) is 20.7 Å². The summed E-state index contributed by atoms with van der Waals surface area (Å²) in [4.78, 5) is 30.7. The molecule has 0 aliphatic rings. The van der Waals surface area contributed by atoms with Crippen molar-refractivity contribution in [2.24, 2.45) is 0 Å². The van der Waals surface area contributed by atoms with Crippen LogP contribution >= 0.6 is 23.1 Å². The first-order valence-corrected chi connectivity index (χ1v) is 11.2. The summed E-state index contributed by atoms with van der Waals surface area (Å²) < 4.78 is 3.47. The van der Waals surface area contributed by atoms with Crippen LogP contribution in [0.1, 0.15) is 5.69 Å². The highest BCUT2D eigenvalue weighted by molar-refractivity contribution is 8.00. The Morgan fingerprint density at radius 2 is 2.00 bits per heavy atom. The van der Waals surface area contributed by atoms with Gasteiger partial charge < -0.3 is 10.6 Å². The average Bonchev–Trinajstić information content (AvgIpc) is 3.44. The lowest BCUT2D eigenvalue weighted by atomic mass is 10.3. The third-order valence-corrected chi connectivity index (χ3v) is 5.96. The molecule has 154 valence electrons. The van der Waals surface area contributed by atoms with Crippen LogP contribution in [0.25, 0.3) is 4.96 Å². The van der Waals surface area contributed by atoms with E-state index in [9.17, 15) is 9.59 Å².